The predicted octanol–water partition coefficient (Wildman–Crippen LogP) is 1.76. The fourth-order valence-corrected chi connectivity index (χ4v) is 1.41. The highest BCUT2D eigenvalue weighted by Gasteiger charge is 2.26. The van der Waals surface area contributed by atoms with Gasteiger partial charge in [-0.3, -0.25) is 0 Å². The first-order valence-corrected chi connectivity index (χ1v) is 5.06. The summed E-state index contributed by atoms with van der Waals surface area (Å²) in [6, 6.07) is 1.95. The first-order chi connectivity index (χ1) is 6.70. The van der Waals surface area contributed by atoms with Gasteiger partial charge in [-0.1, -0.05) is 13.8 Å². The Bertz CT molecular complexity index is 311. The molecule has 0 amide bonds. The average molecular weight is 192 g/mol. The normalized spacial score (nSPS) is 16.0. The molecule has 1 fully saturated rings. The van der Waals surface area contributed by atoms with E-state index in [1.165, 1.54) is 12.8 Å². The van der Waals surface area contributed by atoms with Crippen molar-refractivity contribution in [1.29, 1.82) is 0 Å². The highest BCUT2D eigenvalue weighted by Crippen LogP contribution is 2.39. The Hall–Kier alpha value is -1.16. The lowest BCUT2D eigenvalue weighted by molar-refractivity contribution is 0.758. The topological polar surface area (TPSA) is 63.8 Å². The minimum absolute atomic E-state index is 0.348. The Morgan fingerprint density at radius 3 is 2.64 bits per heavy atom. The molecular formula is C10H16N4. The van der Waals surface area contributed by atoms with Gasteiger partial charge in [0.15, 0.2) is 0 Å². The molecule has 1 aromatic rings. The molecule has 0 atom stereocenters. The lowest BCUT2D eigenvalue weighted by atomic mass is 10.2. The van der Waals surface area contributed by atoms with E-state index in [0.29, 0.717) is 11.8 Å². The lowest BCUT2D eigenvalue weighted by Gasteiger charge is -2.08. The van der Waals surface area contributed by atoms with E-state index in [1.54, 1.807) is 0 Å². The van der Waals surface area contributed by atoms with Gasteiger partial charge in [-0.25, -0.2) is 15.8 Å². The Morgan fingerprint density at radius 1 is 1.43 bits per heavy atom. The first-order valence-electron chi connectivity index (χ1n) is 5.06. The summed E-state index contributed by atoms with van der Waals surface area (Å²) in [5.74, 6) is 7.96. The van der Waals surface area contributed by atoms with E-state index in [-0.39, 0.29) is 0 Å². The van der Waals surface area contributed by atoms with Crippen LogP contribution in [0.4, 0.5) is 5.82 Å². The quantitative estimate of drug-likeness (QED) is 0.566. The Balaban J connectivity index is 2.35. The highest BCUT2D eigenvalue weighted by atomic mass is 15.3. The molecule has 1 heterocycles. The molecule has 2 rings (SSSR count). The third-order valence-electron chi connectivity index (χ3n) is 2.42. The number of aromatic nitrogens is 2. The second-order valence-corrected chi connectivity index (χ2v) is 4.11. The SMILES string of the molecule is CC(C)c1nc(NN)cc(C2CC2)n1. The van der Waals surface area contributed by atoms with Crippen molar-refractivity contribution >= 4 is 5.82 Å². The zero-order chi connectivity index (χ0) is 10.1. The van der Waals surface area contributed by atoms with E-state index in [2.05, 4.69) is 29.2 Å². The molecule has 76 valence electrons. The van der Waals surface area contributed by atoms with Gasteiger partial charge in [0.25, 0.3) is 0 Å². The molecular weight excluding hydrogens is 176 g/mol. The van der Waals surface area contributed by atoms with Crippen molar-refractivity contribution in [2.24, 2.45) is 5.84 Å². The molecule has 4 nitrogen and oxygen atoms in total. The van der Waals surface area contributed by atoms with Crippen LogP contribution >= 0.6 is 0 Å². The Morgan fingerprint density at radius 2 is 2.14 bits per heavy atom. The number of hydrazine groups is 1. The van der Waals surface area contributed by atoms with Gasteiger partial charge < -0.3 is 5.43 Å². The minimum Gasteiger partial charge on any atom is -0.308 e. The van der Waals surface area contributed by atoms with Gasteiger partial charge in [0.2, 0.25) is 0 Å². The van der Waals surface area contributed by atoms with Crippen LogP contribution in [0.5, 0.6) is 0 Å². The Labute approximate surface area is 83.9 Å². The number of nitrogens with zero attached hydrogens (tertiary/aromatic N) is 2. The van der Waals surface area contributed by atoms with Crippen molar-refractivity contribution in [3.05, 3.63) is 17.6 Å². The number of hydrogen-bond donors (Lipinski definition) is 2. The second-order valence-electron chi connectivity index (χ2n) is 4.11. The smallest absolute Gasteiger partial charge is 0.143 e. The standard InChI is InChI=1S/C10H16N4/c1-6(2)10-12-8(7-3-4-7)5-9(13-10)14-11/h5-7H,3-4,11H2,1-2H3,(H,12,13,14). The molecule has 14 heavy (non-hydrogen) atoms. The molecule has 0 spiro atoms. The summed E-state index contributed by atoms with van der Waals surface area (Å²) in [5.41, 5.74) is 3.73. The molecule has 3 N–H and O–H groups in total. The Kier molecular flexibility index (Phi) is 2.37. The lowest BCUT2D eigenvalue weighted by Crippen LogP contribution is -2.12. The van der Waals surface area contributed by atoms with Crippen LogP contribution in [0.2, 0.25) is 0 Å². The zero-order valence-electron chi connectivity index (χ0n) is 8.62. The maximum absolute atomic E-state index is 5.37. The van der Waals surface area contributed by atoms with E-state index in [4.69, 9.17) is 5.84 Å². The van der Waals surface area contributed by atoms with Crippen molar-refractivity contribution in [3.8, 4) is 0 Å². The third-order valence-corrected chi connectivity index (χ3v) is 2.42. The molecule has 0 bridgehead atoms. The monoisotopic (exact) mass is 192 g/mol. The molecule has 1 aliphatic rings. The maximum atomic E-state index is 5.37. The number of nitrogens with one attached hydrogen (secondary N) is 1. The fourth-order valence-electron chi connectivity index (χ4n) is 1.41. The van der Waals surface area contributed by atoms with Gasteiger partial charge >= 0.3 is 0 Å². The van der Waals surface area contributed by atoms with Crippen molar-refractivity contribution in [2.75, 3.05) is 5.43 Å². The molecule has 0 aromatic carbocycles. The summed E-state index contributed by atoms with van der Waals surface area (Å²) >= 11 is 0. The van der Waals surface area contributed by atoms with Crippen LogP contribution < -0.4 is 11.3 Å². The van der Waals surface area contributed by atoms with Crippen LogP contribution in [0.15, 0.2) is 6.07 Å². The van der Waals surface area contributed by atoms with Crippen LogP contribution in [0.1, 0.15) is 50.0 Å². The van der Waals surface area contributed by atoms with Gasteiger partial charge in [0, 0.05) is 23.6 Å². The molecule has 1 aliphatic carbocycles. The van der Waals surface area contributed by atoms with E-state index in [1.807, 2.05) is 6.07 Å². The number of nitrogens with two attached hydrogens (primary N) is 1. The van der Waals surface area contributed by atoms with Crippen LogP contribution in [0.3, 0.4) is 0 Å². The van der Waals surface area contributed by atoms with Crippen LogP contribution in [0, 0.1) is 0 Å². The maximum Gasteiger partial charge on any atom is 0.143 e. The molecule has 0 unspecified atom stereocenters. The number of hydrogen-bond acceptors (Lipinski definition) is 4. The summed E-state index contributed by atoms with van der Waals surface area (Å²) in [6.07, 6.45) is 2.50. The van der Waals surface area contributed by atoms with E-state index in [9.17, 15) is 0 Å². The molecule has 0 aliphatic heterocycles. The van der Waals surface area contributed by atoms with Gasteiger partial charge in [-0.05, 0) is 12.8 Å². The summed E-state index contributed by atoms with van der Waals surface area (Å²) in [5, 5.41) is 0. The summed E-state index contributed by atoms with van der Waals surface area (Å²) in [4.78, 5) is 8.85. The summed E-state index contributed by atoms with van der Waals surface area (Å²) in [6.45, 7) is 4.18. The van der Waals surface area contributed by atoms with Crippen molar-refractivity contribution in [3.63, 3.8) is 0 Å². The highest BCUT2D eigenvalue weighted by molar-refractivity contribution is 5.37. The average Bonchev–Trinajstić information content (AvgIpc) is 3.00. The first kappa shape index (κ1) is 9.40. The number of nitrogen functional groups attached to an aromatic ring is 1. The van der Waals surface area contributed by atoms with E-state index >= 15 is 0 Å². The van der Waals surface area contributed by atoms with Gasteiger partial charge in [0.05, 0.1) is 0 Å². The summed E-state index contributed by atoms with van der Waals surface area (Å²) < 4.78 is 0. The van der Waals surface area contributed by atoms with E-state index in [0.717, 1.165) is 17.3 Å². The van der Waals surface area contributed by atoms with Crippen LogP contribution in [0.25, 0.3) is 0 Å². The zero-order valence-corrected chi connectivity index (χ0v) is 8.62. The minimum atomic E-state index is 0.348. The fraction of sp³-hybridized carbons (Fsp3) is 0.600. The van der Waals surface area contributed by atoms with Gasteiger partial charge in [-0.15, -0.1) is 0 Å². The molecule has 0 saturated heterocycles. The van der Waals surface area contributed by atoms with Crippen LogP contribution in [-0.2, 0) is 0 Å². The number of rotatable bonds is 3. The van der Waals surface area contributed by atoms with Crippen molar-refractivity contribution < 1.29 is 0 Å². The molecule has 4 heteroatoms. The van der Waals surface area contributed by atoms with E-state index < -0.39 is 0 Å². The largest absolute Gasteiger partial charge is 0.308 e. The molecule has 1 aromatic heterocycles. The second kappa shape index (κ2) is 3.53. The van der Waals surface area contributed by atoms with Gasteiger partial charge in [-0.2, -0.15) is 0 Å². The third kappa shape index (κ3) is 1.85. The van der Waals surface area contributed by atoms with Crippen molar-refractivity contribution in [1.82, 2.24) is 9.97 Å². The number of anilines is 1. The molecule has 1 saturated carbocycles. The van der Waals surface area contributed by atoms with Gasteiger partial charge in [0.1, 0.15) is 11.6 Å². The summed E-state index contributed by atoms with van der Waals surface area (Å²) in [7, 11) is 0. The van der Waals surface area contributed by atoms with Crippen molar-refractivity contribution in [2.45, 2.75) is 38.5 Å². The predicted molar refractivity (Wildman–Crippen MR) is 55.9 cm³/mol. The van der Waals surface area contributed by atoms with Crippen LogP contribution in [-0.4, -0.2) is 9.97 Å². The molecule has 0 radical (unpaired) electrons.